The van der Waals surface area contributed by atoms with Crippen LogP contribution in [0.5, 0.6) is 0 Å². The lowest BCUT2D eigenvalue weighted by molar-refractivity contribution is -0.155. The number of fused-ring (bicyclic) bond motifs is 6. The maximum absolute atomic E-state index is 13.2. The molecule has 27 heavy (non-hydrogen) atoms. The summed E-state index contributed by atoms with van der Waals surface area (Å²) in [5.74, 6) is -0.711. The van der Waals surface area contributed by atoms with E-state index in [0.29, 0.717) is 18.5 Å². The SMILES string of the molecule is COC(=O)[C@@H]1[C@@H]2Cc3c([nH]c4ccccc34)C(=O)C[C@@H]1[C@@]1(CN2C)O[C@H]1C. The highest BCUT2D eigenvalue weighted by Crippen LogP contribution is 2.54. The fraction of sp³-hybridized carbons (Fsp3) is 0.524. The van der Waals surface area contributed by atoms with Gasteiger partial charge in [0.2, 0.25) is 0 Å². The molecule has 0 saturated carbocycles. The molecule has 0 radical (unpaired) electrons. The quantitative estimate of drug-likeness (QED) is 0.617. The summed E-state index contributed by atoms with van der Waals surface area (Å²) in [6.07, 6.45) is 0.990. The van der Waals surface area contributed by atoms with Gasteiger partial charge in [0, 0.05) is 35.8 Å². The fourth-order valence-electron chi connectivity index (χ4n) is 5.52. The van der Waals surface area contributed by atoms with Crippen molar-refractivity contribution in [1.29, 1.82) is 0 Å². The van der Waals surface area contributed by atoms with Crippen LogP contribution in [0.15, 0.2) is 24.3 Å². The first-order valence-electron chi connectivity index (χ1n) is 9.55. The second-order valence-electron chi connectivity index (χ2n) is 8.21. The third kappa shape index (κ3) is 2.26. The Labute approximate surface area is 157 Å². The molecular weight excluding hydrogens is 344 g/mol. The fourth-order valence-corrected chi connectivity index (χ4v) is 5.52. The monoisotopic (exact) mass is 368 g/mol. The minimum absolute atomic E-state index is 0.0180. The van der Waals surface area contributed by atoms with Crippen molar-refractivity contribution >= 4 is 22.7 Å². The number of nitrogens with one attached hydrogen (secondary N) is 1. The molecular formula is C21H24N2O4. The van der Waals surface area contributed by atoms with E-state index in [1.165, 1.54) is 7.11 Å². The summed E-state index contributed by atoms with van der Waals surface area (Å²) in [5, 5.41) is 1.06. The van der Waals surface area contributed by atoms with Gasteiger partial charge in [0.1, 0.15) is 5.60 Å². The second kappa shape index (κ2) is 5.66. The van der Waals surface area contributed by atoms with E-state index >= 15 is 0 Å². The first-order chi connectivity index (χ1) is 13.0. The van der Waals surface area contributed by atoms with Crippen LogP contribution in [-0.2, 0) is 20.7 Å². The van der Waals surface area contributed by atoms with E-state index in [1.807, 2.05) is 38.2 Å². The number of rotatable bonds is 1. The molecule has 1 aromatic carbocycles. The number of aromatic amines is 1. The Bertz CT molecular complexity index is 951. The van der Waals surface area contributed by atoms with E-state index in [4.69, 9.17) is 9.47 Å². The Kier molecular flexibility index (Phi) is 3.55. The number of para-hydroxylation sites is 1. The summed E-state index contributed by atoms with van der Waals surface area (Å²) in [6.45, 7) is 2.77. The lowest BCUT2D eigenvalue weighted by Gasteiger charge is -2.47. The smallest absolute Gasteiger partial charge is 0.310 e. The van der Waals surface area contributed by atoms with Crippen molar-refractivity contribution in [3.05, 3.63) is 35.5 Å². The zero-order chi connectivity index (χ0) is 18.9. The van der Waals surface area contributed by atoms with Crippen LogP contribution in [0.2, 0.25) is 0 Å². The zero-order valence-corrected chi connectivity index (χ0v) is 15.8. The number of likely N-dealkylation sites (tertiary alicyclic amines) is 1. The number of methoxy groups -OCH3 is 1. The Morgan fingerprint density at radius 3 is 2.78 bits per heavy atom. The number of aromatic nitrogens is 1. The number of benzene rings is 1. The van der Waals surface area contributed by atoms with Crippen molar-refractivity contribution in [3.8, 4) is 0 Å². The van der Waals surface area contributed by atoms with Gasteiger partial charge < -0.3 is 14.5 Å². The molecule has 3 heterocycles. The Hall–Kier alpha value is -2.18. The molecule has 1 aliphatic carbocycles. The first kappa shape index (κ1) is 17.0. The van der Waals surface area contributed by atoms with Gasteiger partial charge >= 0.3 is 5.97 Å². The molecule has 1 spiro atoms. The average Bonchev–Trinajstić information content (AvgIpc) is 3.13. The van der Waals surface area contributed by atoms with E-state index < -0.39 is 5.60 Å². The van der Waals surface area contributed by atoms with Crippen LogP contribution in [0.4, 0.5) is 0 Å². The maximum Gasteiger partial charge on any atom is 0.310 e. The lowest BCUT2D eigenvalue weighted by atomic mass is 9.67. The number of Topliss-reactive ketones (excluding diaryl/α,β-unsaturated/α-hetero) is 1. The maximum atomic E-state index is 13.2. The number of ketones is 1. The number of nitrogens with zero attached hydrogens (tertiary/aromatic N) is 1. The van der Waals surface area contributed by atoms with Gasteiger partial charge in [-0.1, -0.05) is 18.2 Å². The average molecular weight is 368 g/mol. The number of likely N-dealkylation sites (N-methyl/N-ethyl adjacent to an activating group) is 1. The molecule has 2 aliphatic heterocycles. The summed E-state index contributed by atoms with van der Waals surface area (Å²) >= 11 is 0. The van der Waals surface area contributed by atoms with Gasteiger partial charge in [0.15, 0.2) is 5.78 Å². The van der Waals surface area contributed by atoms with Crippen molar-refractivity contribution in [1.82, 2.24) is 9.88 Å². The Morgan fingerprint density at radius 2 is 2.07 bits per heavy atom. The van der Waals surface area contributed by atoms with Gasteiger partial charge in [-0.2, -0.15) is 0 Å². The van der Waals surface area contributed by atoms with Crippen molar-refractivity contribution in [2.24, 2.45) is 11.8 Å². The van der Waals surface area contributed by atoms with E-state index in [-0.39, 0.29) is 35.7 Å². The molecule has 6 nitrogen and oxygen atoms in total. The third-order valence-corrected chi connectivity index (χ3v) is 6.95. The van der Waals surface area contributed by atoms with Gasteiger partial charge in [-0.05, 0) is 32.0 Å². The summed E-state index contributed by atoms with van der Waals surface area (Å²) in [7, 11) is 3.48. The van der Waals surface area contributed by atoms with Gasteiger partial charge in [-0.15, -0.1) is 0 Å². The molecule has 1 N–H and O–H groups in total. The van der Waals surface area contributed by atoms with Gasteiger partial charge in [-0.25, -0.2) is 0 Å². The number of esters is 1. The summed E-state index contributed by atoms with van der Waals surface area (Å²) in [5.41, 5.74) is 2.24. The third-order valence-electron chi connectivity index (χ3n) is 6.95. The van der Waals surface area contributed by atoms with Crippen LogP contribution in [0.1, 0.15) is 29.4 Å². The standard InChI is InChI=1S/C21H24N2O4/c1-11-21(27-11)10-23(2)16-8-13-12-6-4-5-7-15(12)22-19(13)17(24)9-14(21)18(16)20(25)26-3/h4-7,11,14,16,18,22H,8-10H2,1-3H3/t11-,14-,16-,18-,21-/m0/s1. The Morgan fingerprint density at radius 1 is 1.33 bits per heavy atom. The second-order valence-corrected chi connectivity index (χ2v) is 8.21. The van der Waals surface area contributed by atoms with Crippen molar-refractivity contribution in [3.63, 3.8) is 0 Å². The molecule has 2 bridgehead atoms. The molecule has 2 fully saturated rings. The van der Waals surface area contributed by atoms with Gasteiger partial charge in [0.05, 0.1) is 24.8 Å². The number of epoxide rings is 1. The normalized spacial score (nSPS) is 35.6. The topological polar surface area (TPSA) is 74.9 Å². The van der Waals surface area contributed by atoms with Crippen molar-refractivity contribution in [2.75, 3.05) is 20.7 Å². The molecule has 5 rings (SSSR count). The molecule has 3 aliphatic rings. The highest BCUT2D eigenvalue weighted by molar-refractivity contribution is 6.03. The van der Waals surface area contributed by atoms with E-state index in [2.05, 4.69) is 9.88 Å². The van der Waals surface area contributed by atoms with Crippen LogP contribution in [-0.4, -0.2) is 60.1 Å². The van der Waals surface area contributed by atoms with Crippen molar-refractivity contribution < 1.29 is 19.1 Å². The number of carbonyl (C=O) groups is 2. The van der Waals surface area contributed by atoms with Crippen LogP contribution in [0.25, 0.3) is 10.9 Å². The molecule has 6 heteroatoms. The predicted molar refractivity (Wildman–Crippen MR) is 99.6 cm³/mol. The Balaban J connectivity index is 1.69. The molecule has 142 valence electrons. The van der Waals surface area contributed by atoms with E-state index in [9.17, 15) is 9.59 Å². The number of H-pyrrole nitrogens is 1. The number of hydrogen-bond acceptors (Lipinski definition) is 5. The highest BCUT2D eigenvalue weighted by atomic mass is 16.6. The number of piperidine rings is 1. The van der Waals surface area contributed by atoms with Crippen LogP contribution in [0, 0.1) is 11.8 Å². The van der Waals surface area contributed by atoms with Crippen LogP contribution in [0.3, 0.4) is 0 Å². The van der Waals surface area contributed by atoms with Gasteiger partial charge in [0.25, 0.3) is 0 Å². The molecule has 2 saturated heterocycles. The minimum Gasteiger partial charge on any atom is -0.469 e. The van der Waals surface area contributed by atoms with Crippen molar-refractivity contribution in [2.45, 2.75) is 37.5 Å². The largest absolute Gasteiger partial charge is 0.469 e. The van der Waals surface area contributed by atoms with Crippen LogP contribution >= 0.6 is 0 Å². The summed E-state index contributed by atoms with van der Waals surface area (Å²) in [6, 6.07) is 7.97. The molecule has 0 unspecified atom stereocenters. The van der Waals surface area contributed by atoms with Crippen LogP contribution < -0.4 is 0 Å². The number of ether oxygens (including phenoxy) is 2. The van der Waals surface area contributed by atoms with E-state index in [0.717, 1.165) is 23.0 Å². The predicted octanol–water partition coefficient (Wildman–Crippen LogP) is 2.17. The molecule has 5 atom stereocenters. The van der Waals surface area contributed by atoms with E-state index in [1.54, 1.807) is 0 Å². The lowest BCUT2D eigenvalue weighted by Crippen LogP contribution is -2.60. The molecule has 1 aromatic heterocycles. The molecule has 2 aromatic rings. The minimum atomic E-state index is -0.427. The summed E-state index contributed by atoms with van der Waals surface area (Å²) < 4.78 is 11.2. The highest BCUT2D eigenvalue weighted by Gasteiger charge is 2.67. The number of carbonyl (C=O) groups excluding carboxylic acids is 2. The summed E-state index contributed by atoms with van der Waals surface area (Å²) in [4.78, 5) is 31.6. The zero-order valence-electron chi connectivity index (χ0n) is 15.8. The van der Waals surface area contributed by atoms with Gasteiger partial charge in [-0.3, -0.25) is 14.5 Å². The first-order valence-corrected chi connectivity index (χ1v) is 9.55. The number of hydrogen-bond donors (Lipinski definition) is 1. The molecule has 0 amide bonds.